The summed E-state index contributed by atoms with van der Waals surface area (Å²) in [5.41, 5.74) is 2.44. The van der Waals surface area contributed by atoms with Crippen LogP contribution in [0.15, 0.2) is 72.3 Å². The van der Waals surface area contributed by atoms with Crippen LogP contribution in [-0.4, -0.2) is 22.9 Å². The van der Waals surface area contributed by atoms with Gasteiger partial charge in [0.15, 0.2) is 0 Å². The molecule has 2 atom stereocenters. The number of ketones is 1. The number of fused-ring (bicyclic) bond motifs is 1. The fraction of sp³-hybridized carbons (Fsp3) is 0.148. The first kappa shape index (κ1) is 21.4. The second kappa shape index (κ2) is 8.16. The summed E-state index contributed by atoms with van der Waals surface area (Å²) in [5, 5.41) is 20.4. The van der Waals surface area contributed by atoms with Crippen molar-refractivity contribution in [2.24, 2.45) is 0 Å². The predicted molar refractivity (Wildman–Crippen MR) is 123 cm³/mol. The van der Waals surface area contributed by atoms with Crippen molar-refractivity contribution in [3.63, 3.8) is 0 Å². The molecule has 2 heterocycles. The van der Waals surface area contributed by atoms with E-state index in [-0.39, 0.29) is 17.4 Å². The van der Waals surface area contributed by atoms with Gasteiger partial charge in [-0.3, -0.25) is 14.5 Å². The molecule has 0 radical (unpaired) electrons. The van der Waals surface area contributed by atoms with Gasteiger partial charge in [0.2, 0.25) is 0 Å². The van der Waals surface area contributed by atoms with Crippen molar-refractivity contribution in [3.05, 3.63) is 100 Å². The molecule has 1 fully saturated rings. The van der Waals surface area contributed by atoms with Crippen LogP contribution in [0.5, 0.6) is 5.75 Å². The molecule has 3 aromatic rings. The molecule has 2 aliphatic heterocycles. The Morgan fingerprint density at radius 2 is 1.79 bits per heavy atom. The van der Waals surface area contributed by atoms with Crippen molar-refractivity contribution in [2.75, 3.05) is 4.90 Å². The lowest BCUT2D eigenvalue weighted by Gasteiger charge is -2.25. The molecule has 1 saturated heterocycles. The van der Waals surface area contributed by atoms with Crippen LogP contribution >= 0.6 is 0 Å². The molecule has 2 aliphatic rings. The Hall–Kier alpha value is -4.44. The number of Topliss-reactive ketones (excluding diaryl/α,β-unsaturated/α-hetero) is 1. The van der Waals surface area contributed by atoms with Gasteiger partial charge in [-0.05, 0) is 72.6 Å². The minimum atomic E-state index is -0.975. The normalized spacial score (nSPS) is 20.7. The largest absolute Gasteiger partial charge is 0.507 e. The van der Waals surface area contributed by atoms with E-state index in [9.17, 15) is 19.1 Å². The molecule has 5 rings (SSSR count). The number of amides is 1. The van der Waals surface area contributed by atoms with Gasteiger partial charge in [-0.15, -0.1) is 0 Å². The summed E-state index contributed by atoms with van der Waals surface area (Å²) in [5.74, 6) is -1.73. The molecule has 1 N–H and O–H groups in total. The van der Waals surface area contributed by atoms with E-state index in [0.29, 0.717) is 28.8 Å². The summed E-state index contributed by atoms with van der Waals surface area (Å²) in [4.78, 5) is 27.6. The van der Waals surface area contributed by atoms with Gasteiger partial charge in [0.1, 0.15) is 23.4 Å². The van der Waals surface area contributed by atoms with E-state index in [2.05, 4.69) is 0 Å². The lowest BCUT2D eigenvalue weighted by atomic mass is 9.94. The highest BCUT2D eigenvalue weighted by Crippen LogP contribution is 2.43. The van der Waals surface area contributed by atoms with Crippen LogP contribution in [0.2, 0.25) is 0 Å². The number of hydrogen-bond acceptors (Lipinski definition) is 5. The van der Waals surface area contributed by atoms with Crippen LogP contribution in [0.3, 0.4) is 0 Å². The number of aliphatic hydroxyl groups is 1. The third kappa shape index (κ3) is 3.50. The molecule has 0 aliphatic carbocycles. The maximum absolute atomic E-state index is 13.7. The number of nitrogens with zero attached hydrogens (tertiary/aromatic N) is 2. The van der Waals surface area contributed by atoms with E-state index in [1.807, 2.05) is 13.0 Å². The number of carbonyl (C=O) groups excluding carboxylic acids is 2. The third-order valence-corrected chi connectivity index (χ3v) is 6.07. The van der Waals surface area contributed by atoms with Crippen LogP contribution in [0.1, 0.15) is 35.2 Å². The fourth-order valence-corrected chi connectivity index (χ4v) is 4.48. The Labute approximate surface area is 195 Å². The summed E-state index contributed by atoms with van der Waals surface area (Å²) >= 11 is 0. The maximum atomic E-state index is 13.7. The number of aliphatic hydroxyl groups excluding tert-OH is 1. The van der Waals surface area contributed by atoms with Crippen molar-refractivity contribution in [1.29, 1.82) is 5.26 Å². The summed E-state index contributed by atoms with van der Waals surface area (Å²) in [6.45, 7) is 1.94. The number of rotatable bonds is 3. The first-order chi connectivity index (χ1) is 16.4. The molecular formula is C27H19FN2O4. The number of ether oxygens (including phenoxy) is 1. The number of anilines is 1. The first-order valence-corrected chi connectivity index (χ1v) is 10.7. The van der Waals surface area contributed by atoms with Crippen molar-refractivity contribution >= 4 is 23.1 Å². The lowest BCUT2D eigenvalue weighted by Crippen LogP contribution is -2.29. The predicted octanol–water partition coefficient (Wildman–Crippen LogP) is 4.65. The second-order valence-corrected chi connectivity index (χ2v) is 8.33. The first-order valence-electron chi connectivity index (χ1n) is 10.7. The van der Waals surface area contributed by atoms with Gasteiger partial charge in [-0.25, -0.2) is 4.39 Å². The van der Waals surface area contributed by atoms with Crippen LogP contribution in [0.25, 0.3) is 5.76 Å². The highest BCUT2D eigenvalue weighted by atomic mass is 19.1. The Kier molecular flexibility index (Phi) is 5.14. The lowest BCUT2D eigenvalue weighted by molar-refractivity contribution is -0.132. The molecule has 0 aromatic heterocycles. The van der Waals surface area contributed by atoms with Gasteiger partial charge in [0.05, 0.1) is 23.2 Å². The number of halogens is 1. The van der Waals surface area contributed by atoms with E-state index >= 15 is 0 Å². The average Bonchev–Trinajstić information content (AvgIpc) is 3.34. The van der Waals surface area contributed by atoms with Gasteiger partial charge in [-0.1, -0.05) is 12.1 Å². The molecule has 1 amide bonds. The van der Waals surface area contributed by atoms with E-state index in [1.165, 1.54) is 41.3 Å². The average molecular weight is 454 g/mol. The highest BCUT2D eigenvalue weighted by Gasteiger charge is 2.47. The van der Waals surface area contributed by atoms with E-state index in [0.717, 1.165) is 11.3 Å². The maximum Gasteiger partial charge on any atom is 0.300 e. The van der Waals surface area contributed by atoms with E-state index in [4.69, 9.17) is 10.00 Å². The number of hydrogen-bond donors (Lipinski definition) is 1. The standard InChI is InChI=1S/C27H19FN2O4/c1-15-12-19-13-18(6-11-22(19)34-15)25(31)23-24(17-4-7-20(28)8-5-17)30(27(33)26(23)32)21-9-2-16(14-29)3-10-21/h2-11,13,15,24,31H,12H2,1H3/b25-23-. The second-order valence-electron chi connectivity index (χ2n) is 8.33. The molecule has 0 bridgehead atoms. The van der Waals surface area contributed by atoms with Crippen molar-refractivity contribution < 1.29 is 23.8 Å². The molecule has 34 heavy (non-hydrogen) atoms. The molecule has 168 valence electrons. The number of nitriles is 1. The quantitative estimate of drug-likeness (QED) is 0.354. The van der Waals surface area contributed by atoms with Crippen LogP contribution in [0, 0.1) is 17.1 Å². The van der Waals surface area contributed by atoms with Crippen molar-refractivity contribution in [2.45, 2.75) is 25.5 Å². The Morgan fingerprint density at radius 3 is 2.47 bits per heavy atom. The van der Waals surface area contributed by atoms with Crippen molar-refractivity contribution in [3.8, 4) is 11.8 Å². The Morgan fingerprint density at radius 1 is 1.09 bits per heavy atom. The monoisotopic (exact) mass is 454 g/mol. The Balaban J connectivity index is 1.68. The minimum Gasteiger partial charge on any atom is -0.507 e. The van der Waals surface area contributed by atoms with Gasteiger partial charge < -0.3 is 9.84 Å². The molecule has 0 spiro atoms. The summed E-state index contributed by atoms with van der Waals surface area (Å²) in [6, 6.07) is 17.8. The van der Waals surface area contributed by atoms with Gasteiger partial charge in [-0.2, -0.15) is 5.26 Å². The molecule has 2 unspecified atom stereocenters. The zero-order chi connectivity index (χ0) is 24.0. The zero-order valence-corrected chi connectivity index (χ0v) is 18.2. The van der Waals surface area contributed by atoms with Crippen molar-refractivity contribution in [1.82, 2.24) is 0 Å². The van der Waals surface area contributed by atoms with Gasteiger partial charge in [0.25, 0.3) is 11.7 Å². The molecule has 7 heteroatoms. The SMILES string of the molecule is CC1Cc2cc(/C(O)=C3/C(=O)C(=O)N(c4ccc(C#N)cc4)C3c3ccc(F)cc3)ccc2O1. The fourth-order valence-electron chi connectivity index (χ4n) is 4.48. The smallest absolute Gasteiger partial charge is 0.300 e. The minimum absolute atomic E-state index is 0.00794. The molecule has 6 nitrogen and oxygen atoms in total. The van der Waals surface area contributed by atoms with Gasteiger partial charge >= 0.3 is 0 Å². The zero-order valence-electron chi connectivity index (χ0n) is 18.2. The summed E-state index contributed by atoms with van der Waals surface area (Å²) in [7, 11) is 0. The summed E-state index contributed by atoms with van der Waals surface area (Å²) < 4.78 is 19.4. The number of benzene rings is 3. The molecule has 3 aromatic carbocycles. The topological polar surface area (TPSA) is 90.6 Å². The third-order valence-electron chi connectivity index (χ3n) is 6.07. The number of carbonyl (C=O) groups is 2. The van der Waals surface area contributed by atoms with Crippen LogP contribution < -0.4 is 9.64 Å². The van der Waals surface area contributed by atoms with Gasteiger partial charge in [0, 0.05) is 17.7 Å². The van der Waals surface area contributed by atoms with E-state index in [1.54, 1.807) is 30.3 Å². The van der Waals surface area contributed by atoms with Crippen LogP contribution in [0.4, 0.5) is 10.1 Å². The molecule has 0 saturated carbocycles. The summed E-state index contributed by atoms with van der Waals surface area (Å²) in [6.07, 6.45) is 0.672. The highest BCUT2D eigenvalue weighted by molar-refractivity contribution is 6.51. The van der Waals surface area contributed by atoms with Crippen LogP contribution in [-0.2, 0) is 16.0 Å². The molecular weight excluding hydrogens is 435 g/mol. The van der Waals surface area contributed by atoms with E-state index < -0.39 is 23.5 Å². The Bertz CT molecular complexity index is 1390.